The maximum absolute atomic E-state index is 11.7. The van der Waals surface area contributed by atoms with Crippen LogP contribution in [-0.4, -0.2) is 30.4 Å². The lowest BCUT2D eigenvalue weighted by molar-refractivity contribution is -0.122. The molecule has 1 N–H and O–H groups in total. The van der Waals surface area contributed by atoms with Crippen LogP contribution < -0.4 is 5.32 Å². The molecular formula is C16H26N2OS. The molecule has 0 unspecified atom stereocenters. The van der Waals surface area contributed by atoms with E-state index in [0.717, 1.165) is 26.2 Å². The highest BCUT2D eigenvalue weighted by molar-refractivity contribution is 7.09. The minimum atomic E-state index is 0.209. The van der Waals surface area contributed by atoms with Crippen molar-refractivity contribution in [2.75, 3.05) is 19.6 Å². The van der Waals surface area contributed by atoms with Crippen molar-refractivity contribution >= 4 is 17.2 Å². The first-order valence-electron chi connectivity index (χ1n) is 7.65. The minimum absolute atomic E-state index is 0.209. The van der Waals surface area contributed by atoms with Crippen LogP contribution in [0.2, 0.25) is 0 Å². The molecule has 1 aromatic heterocycles. The van der Waals surface area contributed by atoms with Gasteiger partial charge in [-0.15, -0.1) is 11.3 Å². The summed E-state index contributed by atoms with van der Waals surface area (Å²) in [4.78, 5) is 15.6. The Kier molecular flexibility index (Phi) is 6.05. The maximum atomic E-state index is 11.7. The van der Waals surface area contributed by atoms with Gasteiger partial charge in [0.15, 0.2) is 0 Å². The second kappa shape index (κ2) is 7.79. The van der Waals surface area contributed by atoms with Crippen molar-refractivity contribution in [3.63, 3.8) is 0 Å². The standard InChI is InChI=1S/C16H26N2OS/c1-13(2)10-16(19)17-11-14-5-7-18(8-6-14)12-15-4-3-9-20-15/h3-4,9,13-14H,5-8,10-12H2,1-2H3,(H,17,19). The summed E-state index contributed by atoms with van der Waals surface area (Å²) in [5, 5.41) is 5.23. The molecule has 1 fully saturated rings. The predicted molar refractivity (Wildman–Crippen MR) is 84.8 cm³/mol. The lowest BCUT2D eigenvalue weighted by Gasteiger charge is -2.31. The van der Waals surface area contributed by atoms with E-state index in [1.807, 2.05) is 11.3 Å². The molecule has 1 aliphatic rings. The second-order valence-corrected chi connectivity index (χ2v) is 7.23. The first kappa shape index (κ1) is 15.5. The van der Waals surface area contributed by atoms with Crippen molar-refractivity contribution in [2.45, 2.75) is 39.7 Å². The Morgan fingerprint density at radius 1 is 1.45 bits per heavy atom. The third kappa shape index (κ3) is 5.25. The van der Waals surface area contributed by atoms with Crippen LogP contribution in [0.1, 0.15) is 38.0 Å². The summed E-state index contributed by atoms with van der Waals surface area (Å²) in [6.07, 6.45) is 3.05. The van der Waals surface area contributed by atoms with Gasteiger partial charge in [0, 0.05) is 24.4 Å². The normalized spacial score (nSPS) is 17.6. The molecule has 0 radical (unpaired) electrons. The number of carbonyl (C=O) groups excluding carboxylic acids is 1. The quantitative estimate of drug-likeness (QED) is 0.874. The van der Waals surface area contributed by atoms with Crippen molar-refractivity contribution in [3.8, 4) is 0 Å². The zero-order valence-corrected chi connectivity index (χ0v) is 13.4. The van der Waals surface area contributed by atoms with Crippen LogP contribution in [0.5, 0.6) is 0 Å². The van der Waals surface area contributed by atoms with Crippen molar-refractivity contribution < 1.29 is 4.79 Å². The Hall–Kier alpha value is -0.870. The van der Waals surface area contributed by atoms with Crippen molar-refractivity contribution in [1.29, 1.82) is 0 Å². The van der Waals surface area contributed by atoms with Crippen LogP contribution in [-0.2, 0) is 11.3 Å². The average Bonchev–Trinajstić information content (AvgIpc) is 2.90. The predicted octanol–water partition coefficient (Wildman–Crippen LogP) is 3.12. The molecule has 0 spiro atoms. The average molecular weight is 294 g/mol. The summed E-state index contributed by atoms with van der Waals surface area (Å²) in [6.45, 7) is 8.43. The highest BCUT2D eigenvalue weighted by Gasteiger charge is 2.20. The monoisotopic (exact) mass is 294 g/mol. The fraction of sp³-hybridized carbons (Fsp3) is 0.688. The fourth-order valence-electron chi connectivity index (χ4n) is 2.67. The molecule has 0 aliphatic carbocycles. The largest absolute Gasteiger partial charge is 0.356 e. The third-order valence-corrected chi connectivity index (χ3v) is 4.71. The number of hydrogen-bond donors (Lipinski definition) is 1. The van der Waals surface area contributed by atoms with Gasteiger partial charge in [0.1, 0.15) is 0 Å². The molecule has 0 bridgehead atoms. The topological polar surface area (TPSA) is 32.3 Å². The van der Waals surface area contributed by atoms with E-state index in [-0.39, 0.29) is 5.91 Å². The number of nitrogens with one attached hydrogen (secondary N) is 1. The highest BCUT2D eigenvalue weighted by atomic mass is 32.1. The number of carbonyl (C=O) groups is 1. The van der Waals surface area contributed by atoms with Crippen LogP contribution in [0.3, 0.4) is 0 Å². The zero-order valence-electron chi connectivity index (χ0n) is 12.6. The zero-order chi connectivity index (χ0) is 14.4. The smallest absolute Gasteiger partial charge is 0.220 e. The van der Waals surface area contributed by atoms with Crippen LogP contribution in [0.4, 0.5) is 0 Å². The second-order valence-electron chi connectivity index (χ2n) is 6.20. The van der Waals surface area contributed by atoms with E-state index in [9.17, 15) is 4.79 Å². The van der Waals surface area contributed by atoms with Gasteiger partial charge in [0.2, 0.25) is 5.91 Å². The Labute approximate surface area is 126 Å². The lowest BCUT2D eigenvalue weighted by Crippen LogP contribution is -2.38. The summed E-state index contributed by atoms with van der Waals surface area (Å²) < 4.78 is 0. The van der Waals surface area contributed by atoms with Gasteiger partial charge in [-0.1, -0.05) is 19.9 Å². The Morgan fingerprint density at radius 3 is 2.80 bits per heavy atom. The van der Waals surface area contributed by atoms with Gasteiger partial charge in [-0.2, -0.15) is 0 Å². The van der Waals surface area contributed by atoms with Gasteiger partial charge >= 0.3 is 0 Å². The van der Waals surface area contributed by atoms with E-state index in [1.165, 1.54) is 17.7 Å². The summed E-state index contributed by atoms with van der Waals surface area (Å²) in [5.41, 5.74) is 0. The summed E-state index contributed by atoms with van der Waals surface area (Å²) in [7, 11) is 0. The van der Waals surface area contributed by atoms with Crippen LogP contribution in [0.15, 0.2) is 17.5 Å². The Balaban J connectivity index is 1.63. The molecule has 0 atom stereocenters. The fourth-order valence-corrected chi connectivity index (χ4v) is 3.42. The molecule has 3 nitrogen and oxygen atoms in total. The van der Waals surface area contributed by atoms with E-state index >= 15 is 0 Å². The number of rotatable bonds is 6. The number of likely N-dealkylation sites (tertiary alicyclic amines) is 1. The molecular weight excluding hydrogens is 268 g/mol. The third-order valence-electron chi connectivity index (χ3n) is 3.85. The van der Waals surface area contributed by atoms with Gasteiger partial charge in [-0.05, 0) is 49.2 Å². The molecule has 1 saturated heterocycles. The Bertz CT molecular complexity index is 395. The molecule has 2 heterocycles. The molecule has 20 heavy (non-hydrogen) atoms. The van der Waals surface area contributed by atoms with Crippen molar-refractivity contribution in [1.82, 2.24) is 10.2 Å². The molecule has 0 aromatic carbocycles. The molecule has 1 amide bonds. The molecule has 0 saturated carbocycles. The minimum Gasteiger partial charge on any atom is -0.356 e. The molecule has 1 aliphatic heterocycles. The molecule has 112 valence electrons. The van der Waals surface area contributed by atoms with Crippen molar-refractivity contribution in [3.05, 3.63) is 22.4 Å². The number of amides is 1. The van der Waals surface area contributed by atoms with Crippen LogP contribution in [0.25, 0.3) is 0 Å². The number of nitrogens with zero attached hydrogens (tertiary/aromatic N) is 1. The van der Waals surface area contributed by atoms with E-state index in [1.54, 1.807) is 0 Å². The maximum Gasteiger partial charge on any atom is 0.220 e. The van der Waals surface area contributed by atoms with E-state index in [0.29, 0.717) is 18.3 Å². The first-order valence-corrected chi connectivity index (χ1v) is 8.53. The van der Waals surface area contributed by atoms with Gasteiger partial charge in [0.05, 0.1) is 0 Å². The van der Waals surface area contributed by atoms with Crippen molar-refractivity contribution in [2.24, 2.45) is 11.8 Å². The first-order chi connectivity index (χ1) is 9.63. The van der Waals surface area contributed by atoms with Gasteiger partial charge in [-0.25, -0.2) is 0 Å². The molecule has 4 heteroatoms. The molecule has 2 rings (SSSR count). The van der Waals surface area contributed by atoms with Crippen LogP contribution >= 0.6 is 11.3 Å². The Morgan fingerprint density at radius 2 is 2.20 bits per heavy atom. The van der Waals surface area contributed by atoms with E-state index in [4.69, 9.17) is 0 Å². The number of thiophene rings is 1. The number of hydrogen-bond acceptors (Lipinski definition) is 3. The van der Waals surface area contributed by atoms with Crippen LogP contribution in [0, 0.1) is 11.8 Å². The molecule has 1 aromatic rings. The number of piperidine rings is 1. The SMILES string of the molecule is CC(C)CC(=O)NCC1CCN(Cc2cccs2)CC1. The van der Waals surface area contributed by atoms with E-state index in [2.05, 4.69) is 41.6 Å². The summed E-state index contributed by atoms with van der Waals surface area (Å²) in [5.74, 6) is 1.31. The highest BCUT2D eigenvalue weighted by Crippen LogP contribution is 2.20. The summed E-state index contributed by atoms with van der Waals surface area (Å²) >= 11 is 1.84. The van der Waals surface area contributed by atoms with Gasteiger partial charge in [-0.3, -0.25) is 9.69 Å². The van der Waals surface area contributed by atoms with Gasteiger partial charge in [0.25, 0.3) is 0 Å². The van der Waals surface area contributed by atoms with E-state index < -0.39 is 0 Å². The van der Waals surface area contributed by atoms with Gasteiger partial charge < -0.3 is 5.32 Å². The summed E-state index contributed by atoms with van der Waals surface area (Å²) in [6, 6.07) is 4.33. The lowest BCUT2D eigenvalue weighted by atomic mass is 9.96.